The number of rotatable bonds is 8. The van der Waals surface area contributed by atoms with E-state index >= 15 is 0 Å². The minimum absolute atomic E-state index is 0.604. The Morgan fingerprint density at radius 2 is 1.59 bits per heavy atom. The number of hydrogen-bond acceptors (Lipinski definition) is 7. The third-order valence-electron chi connectivity index (χ3n) is 5.48. The maximum atomic E-state index is 9.77. The second-order valence-corrected chi connectivity index (χ2v) is 8.85. The zero-order valence-electron chi connectivity index (χ0n) is 17.6. The molecule has 2 fully saturated rings. The quantitative estimate of drug-likeness (QED) is 0.364. The largest absolute Gasteiger partial charge is 0.479 e. The Kier molecular flexibility index (Phi) is 11.1. The van der Waals surface area contributed by atoms with Crippen LogP contribution in [0.15, 0.2) is 18.2 Å². The summed E-state index contributed by atoms with van der Waals surface area (Å²) in [5, 5.41) is 37.4. The van der Waals surface area contributed by atoms with Crippen LogP contribution in [0.5, 0.6) is 0 Å². The van der Waals surface area contributed by atoms with E-state index in [0.717, 1.165) is 68.2 Å². The summed E-state index contributed by atoms with van der Waals surface area (Å²) in [6, 6.07) is 6.47. The monoisotopic (exact) mass is 492 g/mol. The highest BCUT2D eigenvalue weighted by molar-refractivity contribution is 6.34. The third-order valence-corrected chi connectivity index (χ3v) is 5.91. The molecule has 2 aliphatic rings. The van der Waals surface area contributed by atoms with Crippen molar-refractivity contribution in [3.05, 3.63) is 33.8 Å². The van der Waals surface area contributed by atoms with Gasteiger partial charge in [-0.05, 0) is 62.0 Å². The number of aliphatic hydroxyl groups excluding tert-OH is 2. The van der Waals surface area contributed by atoms with Crippen molar-refractivity contribution in [2.24, 2.45) is 5.92 Å². The Hall–Kier alpha value is -1.46. The van der Waals surface area contributed by atoms with Gasteiger partial charge in [-0.1, -0.05) is 23.2 Å². The molecule has 2 heterocycles. The average molecular weight is 493 g/mol. The molecule has 3 rings (SSSR count). The van der Waals surface area contributed by atoms with Gasteiger partial charge in [-0.25, -0.2) is 9.59 Å². The minimum Gasteiger partial charge on any atom is -0.479 e. The predicted molar refractivity (Wildman–Crippen MR) is 119 cm³/mol. The SMILES string of the molecule is Clc1cc(Cl)cc(CN(C[C@@H]2CCNC2)C2CCOCC2)c1.O=C(O)[C@H](O)[C@@H](O)C(=O)O. The van der Waals surface area contributed by atoms with Crippen LogP contribution in [0.3, 0.4) is 0 Å². The van der Waals surface area contributed by atoms with Gasteiger partial charge in [-0.2, -0.15) is 0 Å². The van der Waals surface area contributed by atoms with E-state index in [4.69, 9.17) is 48.4 Å². The molecule has 0 saturated carbocycles. The average Bonchev–Trinajstić information content (AvgIpc) is 3.25. The zero-order chi connectivity index (χ0) is 23.7. The van der Waals surface area contributed by atoms with Crippen molar-refractivity contribution in [2.75, 3.05) is 32.8 Å². The van der Waals surface area contributed by atoms with E-state index in [0.29, 0.717) is 6.04 Å². The van der Waals surface area contributed by atoms with Crippen LogP contribution in [0.2, 0.25) is 10.0 Å². The Morgan fingerprint density at radius 1 is 1.03 bits per heavy atom. The van der Waals surface area contributed by atoms with E-state index < -0.39 is 24.1 Å². The number of halogens is 2. The van der Waals surface area contributed by atoms with Gasteiger partial charge in [0.15, 0.2) is 12.2 Å². The third kappa shape index (κ3) is 8.82. The number of ether oxygens (including phenoxy) is 1. The van der Waals surface area contributed by atoms with Crippen LogP contribution in [0.1, 0.15) is 24.8 Å². The van der Waals surface area contributed by atoms with Crippen molar-refractivity contribution in [2.45, 2.75) is 44.1 Å². The van der Waals surface area contributed by atoms with E-state index in [1.54, 1.807) is 6.07 Å². The van der Waals surface area contributed by atoms with Crippen LogP contribution < -0.4 is 5.32 Å². The highest BCUT2D eigenvalue weighted by Crippen LogP contribution is 2.24. The molecule has 9 nitrogen and oxygen atoms in total. The normalized spacial score (nSPS) is 21.0. The Bertz CT molecular complexity index is 717. The lowest BCUT2D eigenvalue weighted by Gasteiger charge is -2.36. The molecular formula is C21H30Cl2N2O7. The molecule has 32 heavy (non-hydrogen) atoms. The van der Waals surface area contributed by atoms with E-state index in [-0.39, 0.29) is 0 Å². The van der Waals surface area contributed by atoms with Gasteiger partial charge in [-0.15, -0.1) is 0 Å². The molecule has 0 radical (unpaired) electrons. The van der Waals surface area contributed by atoms with Gasteiger partial charge in [0, 0.05) is 42.4 Å². The molecule has 0 amide bonds. The van der Waals surface area contributed by atoms with Gasteiger partial charge in [0.1, 0.15) is 0 Å². The maximum absolute atomic E-state index is 9.77. The van der Waals surface area contributed by atoms with E-state index in [1.165, 1.54) is 12.0 Å². The first-order valence-electron chi connectivity index (χ1n) is 10.5. The summed E-state index contributed by atoms with van der Waals surface area (Å²) in [5.41, 5.74) is 1.20. The smallest absolute Gasteiger partial charge is 0.335 e. The van der Waals surface area contributed by atoms with Crippen molar-refractivity contribution in [1.82, 2.24) is 10.2 Å². The fraction of sp³-hybridized carbons (Fsp3) is 0.619. The molecule has 3 atom stereocenters. The molecule has 2 saturated heterocycles. The second kappa shape index (κ2) is 13.3. The molecule has 180 valence electrons. The number of carboxylic acid groups (broad SMARTS) is 2. The number of nitrogens with one attached hydrogen (secondary N) is 1. The molecule has 0 bridgehead atoms. The van der Waals surface area contributed by atoms with Crippen LogP contribution >= 0.6 is 23.2 Å². The van der Waals surface area contributed by atoms with Gasteiger partial charge in [0.05, 0.1) is 0 Å². The van der Waals surface area contributed by atoms with Crippen LogP contribution in [0.4, 0.5) is 0 Å². The van der Waals surface area contributed by atoms with E-state index in [1.807, 2.05) is 12.1 Å². The molecule has 0 spiro atoms. The van der Waals surface area contributed by atoms with E-state index in [9.17, 15) is 9.59 Å². The van der Waals surface area contributed by atoms with Crippen LogP contribution in [0.25, 0.3) is 0 Å². The summed E-state index contributed by atoms with van der Waals surface area (Å²) in [6.45, 7) is 6.09. The molecule has 11 heteroatoms. The molecule has 1 aromatic carbocycles. The lowest BCUT2D eigenvalue weighted by molar-refractivity contribution is -0.165. The number of benzene rings is 1. The first-order chi connectivity index (χ1) is 15.2. The fourth-order valence-electron chi connectivity index (χ4n) is 3.80. The summed E-state index contributed by atoms with van der Waals surface area (Å²) < 4.78 is 5.53. The number of aliphatic hydroxyl groups is 2. The van der Waals surface area contributed by atoms with Gasteiger partial charge < -0.3 is 30.5 Å². The van der Waals surface area contributed by atoms with Crippen molar-refractivity contribution in [3.63, 3.8) is 0 Å². The van der Waals surface area contributed by atoms with Gasteiger partial charge in [0.2, 0.25) is 0 Å². The summed E-state index contributed by atoms with van der Waals surface area (Å²) in [7, 11) is 0. The summed E-state index contributed by atoms with van der Waals surface area (Å²) in [4.78, 5) is 22.2. The topological polar surface area (TPSA) is 140 Å². The van der Waals surface area contributed by atoms with Crippen molar-refractivity contribution < 1.29 is 34.8 Å². The van der Waals surface area contributed by atoms with Crippen molar-refractivity contribution in [3.8, 4) is 0 Å². The first kappa shape index (κ1) is 26.8. The number of hydrogen-bond donors (Lipinski definition) is 5. The molecule has 0 aliphatic carbocycles. The lowest BCUT2D eigenvalue weighted by atomic mass is 10.0. The fourth-order valence-corrected chi connectivity index (χ4v) is 4.37. The molecule has 0 unspecified atom stereocenters. The van der Waals surface area contributed by atoms with Gasteiger partial charge in [0.25, 0.3) is 0 Å². The van der Waals surface area contributed by atoms with Crippen molar-refractivity contribution in [1.29, 1.82) is 0 Å². The van der Waals surface area contributed by atoms with Crippen LogP contribution in [0, 0.1) is 5.92 Å². The first-order valence-corrected chi connectivity index (χ1v) is 11.2. The summed E-state index contributed by atoms with van der Waals surface area (Å²) >= 11 is 12.3. The Labute approximate surface area is 196 Å². The Balaban J connectivity index is 0.000000309. The summed E-state index contributed by atoms with van der Waals surface area (Å²) in [6.07, 6.45) is -1.02. The number of aliphatic carboxylic acids is 2. The number of carbonyl (C=O) groups is 2. The Morgan fingerprint density at radius 3 is 2.06 bits per heavy atom. The zero-order valence-corrected chi connectivity index (χ0v) is 19.1. The molecule has 5 N–H and O–H groups in total. The van der Waals surface area contributed by atoms with E-state index in [2.05, 4.69) is 10.2 Å². The number of nitrogens with zero attached hydrogens (tertiary/aromatic N) is 1. The lowest BCUT2D eigenvalue weighted by Crippen LogP contribution is -2.42. The molecular weight excluding hydrogens is 463 g/mol. The van der Waals surface area contributed by atoms with Crippen LogP contribution in [-0.4, -0.2) is 88.4 Å². The van der Waals surface area contributed by atoms with Gasteiger partial charge in [-0.3, -0.25) is 4.90 Å². The molecule has 1 aromatic rings. The maximum Gasteiger partial charge on any atom is 0.335 e. The highest BCUT2D eigenvalue weighted by atomic mass is 35.5. The standard InChI is InChI=1S/C17H24Cl2N2O.C4H6O6/c18-15-7-14(8-16(19)9-15)12-21(11-13-1-4-20-10-13)17-2-5-22-6-3-17;5-1(3(7)8)2(6)4(9)10/h7-9,13,17,20H,1-6,10-12H2;1-2,5-6H,(H,7,8)(H,9,10)/t13-;1-,2-/m11/s1. The summed E-state index contributed by atoms with van der Waals surface area (Å²) in [5.74, 6) is -2.79. The predicted octanol–water partition coefficient (Wildman–Crippen LogP) is 1.46. The van der Waals surface area contributed by atoms with Crippen LogP contribution in [-0.2, 0) is 20.9 Å². The van der Waals surface area contributed by atoms with Gasteiger partial charge >= 0.3 is 11.9 Å². The minimum atomic E-state index is -2.27. The molecule has 2 aliphatic heterocycles. The van der Waals surface area contributed by atoms with Crippen molar-refractivity contribution >= 4 is 35.1 Å². The second-order valence-electron chi connectivity index (χ2n) is 7.98. The highest BCUT2D eigenvalue weighted by Gasteiger charge is 2.29. The molecule has 0 aromatic heterocycles. The number of carboxylic acids is 2.